The van der Waals surface area contributed by atoms with Crippen molar-refractivity contribution in [2.75, 3.05) is 0 Å². The van der Waals surface area contributed by atoms with Crippen LogP contribution in [-0.2, 0) is 6.54 Å². The van der Waals surface area contributed by atoms with Gasteiger partial charge in [0.2, 0.25) is 5.76 Å². The number of hydrogen-bond donors (Lipinski definition) is 1. The Hall–Kier alpha value is -2.34. The lowest BCUT2D eigenvalue weighted by atomic mass is 10.4. The van der Waals surface area contributed by atoms with Crippen LogP contribution in [0, 0.1) is 6.92 Å². The van der Waals surface area contributed by atoms with Gasteiger partial charge in [-0.2, -0.15) is 0 Å². The summed E-state index contributed by atoms with van der Waals surface area (Å²) in [5, 5.41) is 9.36. The topological polar surface area (TPSA) is 81.2 Å². The molecule has 0 radical (unpaired) electrons. The van der Waals surface area contributed by atoms with Crippen LogP contribution < -0.4 is 0 Å². The monoisotopic (exact) mass is 291 g/mol. The third-order valence-corrected chi connectivity index (χ3v) is 3.14. The molecule has 0 bridgehead atoms. The zero-order valence-corrected chi connectivity index (χ0v) is 11.3. The number of carboxylic acid groups (broad SMARTS) is 1. The average molecular weight is 292 g/mol. The normalized spacial score (nSPS) is 11.1. The number of furan rings is 1. The van der Waals surface area contributed by atoms with Crippen molar-refractivity contribution < 1.29 is 14.3 Å². The van der Waals surface area contributed by atoms with Gasteiger partial charge in [0, 0.05) is 6.20 Å². The van der Waals surface area contributed by atoms with Crippen LogP contribution in [0.2, 0.25) is 5.02 Å². The third-order valence-electron chi connectivity index (χ3n) is 2.93. The van der Waals surface area contributed by atoms with Crippen LogP contribution >= 0.6 is 11.6 Å². The number of aromatic nitrogens is 3. The Labute approximate surface area is 118 Å². The van der Waals surface area contributed by atoms with Gasteiger partial charge in [0.15, 0.2) is 5.65 Å². The van der Waals surface area contributed by atoms with Crippen molar-refractivity contribution in [3.63, 3.8) is 0 Å². The molecule has 3 heterocycles. The van der Waals surface area contributed by atoms with E-state index in [-0.39, 0.29) is 5.76 Å². The molecule has 0 aromatic carbocycles. The highest BCUT2D eigenvalue weighted by Gasteiger charge is 2.13. The molecule has 0 aliphatic rings. The number of hydrogen-bond acceptors (Lipinski definition) is 4. The van der Waals surface area contributed by atoms with Gasteiger partial charge in [0.1, 0.15) is 17.1 Å². The summed E-state index contributed by atoms with van der Waals surface area (Å²) >= 11 is 5.88. The number of carboxylic acids is 1. The molecule has 3 aromatic rings. The summed E-state index contributed by atoms with van der Waals surface area (Å²) in [6.07, 6.45) is 1.55. The predicted molar refractivity (Wildman–Crippen MR) is 72.0 cm³/mol. The molecule has 7 heteroatoms. The third kappa shape index (κ3) is 2.14. The van der Waals surface area contributed by atoms with Crippen LogP contribution in [-0.4, -0.2) is 25.6 Å². The van der Waals surface area contributed by atoms with Gasteiger partial charge >= 0.3 is 5.97 Å². The molecule has 1 N–H and O–H groups in total. The summed E-state index contributed by atoms with van der Waals surface area (Å²) < 4.78 is 7.09. The lowest BCUT2D eigenvalue weighted by molar-refractivity contribution is 0.0660. The molecule has 3 aromatic heterocycles. The van der Waals surface area contributed by atoms with Gasteiger partial charge in [0.05, 0.1) is 11.6 Å². The number of fused-ring (bicyclic) bond motifs is 1. The van der Waals surface area contributed by atoms with E-state index in [2.05, 4.69) is 9.97 Å². The molecule has 0 saturated heterocycles. The number of nitrogens with zero attached hydrogens (tertiary/aromatic N) is 3. The van der Waals surface area contributed by atoms with Crippen LogP contribution in [0.4, 0.5) is 0 Å². The van der Waals surface area contributed by atoms with Crippen molar-refractivity contribution in [1.29, 1.82) is 0 Å². The van der Waals surface area contributed by atoms with Gasteiger partial charge in [-0.05, 0) is 25.1 Å². The molecule has 102 valence electrons. The van der Waals surface area contributed by atoms with E-state index >= 15 is 0 Å². The minimum Gasteiger partial charge on any atom is -0.475 e. The van der Waals surface area contributed by atoms with Crippen molar-refractivity contribution >= 4 is 28.7 Å². The first-order chi connectivity index (χ1) is 9.54. The summed E-state index contributed by atoms with van der Waals surface area (Å²) in [6.45, 7) is 2.21. The Bertz CT molecular complexity index is 806. The number of imidazole rings is 1. The van der Waals surface area contributed by atoms with Gasteiger partial charge in [0.25, 0.3) is 0 Å². The highest BCUT2D eigenvalue weighted by Crippen LogP contribution is 2.19. The zero-order valence-electron chi connectivity index (χ0n) is 10.5. The van der Waals surface area contributed by atoms with Gasteiger partial charge in [-0.1, -0.05) is 11.6 Å². The van der Waals surface area contributed by atoms with Crippen LogP contribution in [0.15, 0.2) is 28.8 Å². The highest BCUT2D eigenvalue weighted by molar-refractivity contribution is 6.31. The van der Waals surface area contributed by atoms with Crippen molar-refractivity contribution in [2.45, 2.75) is 13.5 Å². The molecule has 0 unspecified atom stereocenters. The molecule has 0 fully saturated rings. The fourth-order valence-electron chi connectivity index (χ4n) is 2.02. The Kier molecular flexibility index (Phi) is 2.94. The Balaban J connectivity index is 2.01. The first-order valence-electron chi connectivity index (χ1n) is 5.85. The van der Waals surface area contributed by atoms with E-state index in [1.165, 1.54) is 6.07 Å². The fraction of sp³-hybridized carbons (Fsp3) is 0.154. The number of carbonyl (C=O) groups is 1. The maximum Gasteiger partial charge on any atom is 0.371 e. The average Bonchev–Trinajstić information content (AvgIpc) is 2.96. The van der Waals surface area contributed by atoms with E-state index in [1.54, 1.807) is 18.3 Å². The molecular weight excluding hydrogens is 282 g/mol. The molecule has 3 rings (SSSR count). The first kappa shape index (κ1) is 12.7. The van der Waals surface area contributed by atoms with Crippen molar-refractivity contribution in [2.24, 2.45) is 0 Å². The van der Waals surface area contributed by atoms with Crippen LogP contribution in [0.5, 0.6) is 0 Å². The summed E-state index contributed by atoms with van der Waals surface area (Å²) in [4.78, 5) is 19.4. The molecule has 0 saturated carbocycles. The number of aryl methyl sites for hydroxylation is 1. The van der Waals surface area contributed by atoms with E-state index in [1.807, 2.05) is 11.5 Å². The lowest BCUT2D eigenvalue weighted by Gasteiger charge is -2.03. The van der Waals surface area contributed by atoms with Crippen molar-refractivity contribution in [3.05, 3.63) is 46.8 Å². The van der Waals surface area contributed by atoms with Crippen molar-refractivity contribution in [3.8, 4) is 0 Å². The minimum atomic E-state index is -1.09. The molecule has 0 atom stereocenters. The first-order valence-corrected chi connectivity index (χ1v) is 6.23. The molecular formula is C13H10ClN3O3. The number of aromatic carboxylic acids is 1. The van der Waals surface area contributed by atoms with E-state index in [9.17, 15) is 4.79 Å². The number of pyridine rings is 1. The second kappa shape index (κ2) is 4.64. The molecule has 6 nitrogen and oxygen atoms in total. The zero-order chi connectivity index (χ0) is 14.3. The quantitative estimate of drug-likeness (QED) is 0.802. The molecule has 0 aliphatic heterocycles. The molecule has 0 spiro atoms. The number of rotatable bonds is 3. The second-order valence-electron chi connectivity index (χ2n) is 4.31. The standard InChI is InChI=1S/C13H10ClN3O3/c1-7-16-10-4-8(14)5-15-12(10)17(7)6-9-2-3-11(20-9)13(18)19/h2-5H,6H2,1H3,(H,18,19). The summed E-state index contributed by atoms with van der Waals surface area (Å²) in [5.41, 5.74) is 1.38. The maximum atomic E-state index is 10.8. The van der Waals surface area contributed by atoms with Crippen LogP contribution in [0.25, 0.3) is 11.2 Å². The summed E-state index contributed by atoms with van der Waals surface area (Å²) in [7, 11) is 0. The van der Waals surface area contributed by atoms with E-state index in [0.29, 0.717) is 28.5 Å². The Morgan fingerprint density at radius 3 is 3.00 bits per heavy atom. The highest BCUT2D eigenvalue weighted by atomic mass is 35.5. The molecule has 0 amide bonds. The smallest absolute Gasteiger partial charge is 0.371 e. The largest absolute Gasteiger partial charge is 0.475 e. The summed E-state index contributed by atoms with van der Waals surface area (Å²) in [6, 6.07) is 4.79. The van der Waals surface area contributed by atoms with Gasteiger partial charge in [-0.3, -0.25) is 0 Å². The predicted octanol–water partition coefficient (Wildman–Crippen LogP) is 2.73. The second-order valence-corrected chi connectivity index (χ2v) is 4.75. The molecule has 0 aliphatic carbocycles. The lowest BCUT2D eigenvalue weighted by Crippen LogP contribution is -2.02. The Morgan fingerprint density at radius 1 is 1.50 bits per heavy atom. The van der Waals surface area contributed by atoms with E-state index < -0.39 is 5.97 Å². The minimum absolute atomic E-state index is 0.0851. The van der Waals surface area contributed by atoms with Gasteiger partial charge < -0.3 is 14.1 Å². The van der Waals surface area contributed by atoms with E-state index in [0.717, 1.165) is 5.82 Å². The van der Waals surface area contributed by atoms with Crippen LogP contribution in [0.3, 0.4) is 0 Å². The van der Waals surface area contributed by atoms with Gasteiger partial charge in [-0.25, -0.2) is 14.8 Å². The fourth-order valence-corrected chi connectivity index (χ4v) is 2.17. The SMILES string of the molecule is Cc1nc2cc(Cl)cnc2n1Cc1ccc(C(=O)O)o1. The summed E-state index contributed by atoms with van der Waals surface area (Å²) in [5.74, 6) is 0.107. The van der Waals surface area contributed by atoms with Crippen LogP contribution in [0.1, 0.15) is 22.1 Å². The number of halogens is 1. The Morgan fingerprint density at radius 2 is 2.30 bits per heavy atom. The van der Waals surface area contributed by atoms with Gasteiger partial charge in [-0.15, -0.1) is 0 Å². The maximum absolute atomic E-state index is 10.8. The molecule has 20 heavy (non-hydrogen) atoms. The van der Waals surface area contributed by atoms with Crippen molar-refractivity contribution in [1.82, 2.24) is 14.5 Å². The van der Waals surface area contributed by atoms with E-state index in [4.69, 9.17) is 21.1 Å².